The molecule has 1 heterocycles. The topological polar surface area (TPSA) is 147 Å². The minimum absolute atomic E-state index is 0.0836. The minimum atomic E-state index is -3.63. The predicted octanol–water partition coefficient (Wildman–Crippen LogP) is 1.46. The number of phenols is 2. The van der Waals surface area contributed by atoms with Crippen LogP contribution in [0.15, 0.2) is 30.3 Å². The summed E-state index contributed by atoms with van der Waals surface area (Å²) in [4.78, 5) is 26.7. The lowest BCUT2D eigenvalue weighted by molar-refractivity contribution is 0.0597. The number of fused-ring (bicyclic) bond motifs is 1. The van der Waals surface area contributed by atoms with Crippen molar-refractivity contribution in [3.8, 4) is 17.2 Å². The number of imide groups is 1. The van der Waals surface area contributed by atoms with Gasteiger partial charge in [0.2, 0.25) is 0 Å². The SMILES string of the molecule is CCOc1cc([C@@H](CS(C)(=O)=O)N2C(=O)c3cc(O)cc(N)c3C2=O)ccc1O. The Bertz CT molecular complexity index is 1110. The molecule has 1 atom stereocenters. The van der Waals surface area contributed by atoms with Gasteiger partial charge in [0.15, 0.2) is 11.5 Å². The molecule has 0 saturated carbocycles. The Kier molecular flexibility index (Phi) is 5.14. The largest absolute Gasteiger partial charge is 0.508 e. The molecular formula is C19H20N2O7S. The number of carbonyl (C=O) groups excluding carboxylic acids is 2. The quantitative estimate of drug-likeness (QED) is 0.470. The van der Waals surface area contributed by atoms with Crippen LogP contribution >= 0.6 is 0 Å². The molecule has 0 radical (unpaired) electrons. The zero-order chi connectivity index (χ0) is 21.5. The van der Waals surface area contributed by atoms with E-state index in [1.807, 2.05) is 0 Å². The smallest absolute Gasteiger partial charge is 0.264 e. The summed E-state index contributed by atoms with van der Waals surface area (Å²) in [6.45, 7) is 1.95. The van der Waals surface area contributed by atoms with Gasteiger partial charge in [0.1, 0.15) is 15.6 Å². The van der Waals surface area contributed by atoms with Crippen LogP contribution in [-0.2, 0) is 9.84 Å². The van der Waals surface area contributed by atoms with Crippen LogP contribution in [-0.4, -0.2) is 54.0 Å². The number of benzene rings is 2. The Labute approximate surface area is 167 Å². The third-order valence-electron chi connectivity index (χ3n) is 4.48. The van der Waals surface area contributed by atoms with Crippen LogP contribution in [0.4, 0.5) is 5.69 Å². The van der Waals surface area contributed by atoms with Gasteiger partial charge in [0, 0.05) is 18.0 Å². The normalized spacial score (nSPS) is 14.8. The second-order valence-corrected chi connectivity index (χ2v) is 8.89. The predicted molar refractivity (Wildman–Crippen MR) is 105 cm³/mol. The lowest BCUT2D eigenvalue weighted by Gasteiger charge is -2.26. The van der Waals surface area contributed by atoms with Crippen molar-refractivity contribution in [2.45, 2.75) is 13.0 Å². The highest BCUT2D eigenvalue weighted by Crippen LogP contribution is 2.38. The third kappa shape index (κ3) is 3.83. The number of aromatic hydroxyl groups is 2. The average molecular weight is 420 g/mol. The summed E-state index contributed by atoms with van der Waals surface area (Å²) in [6, 6.07) is 5.18. The number of amides is 2. The van der Waals surface area contributed by atoms with Gasteiger partial charge in [0.05, 0.1) is 29.5 Å². The van der Waals surface area contributed by atoms with Gasteiger partial charge in [-0.2, -0.15) is 0 Å². The first-order valence-corrected chi connectivity index (χ1v) is 10.7. The highest BCUT2D eigenvalue weighted by molar-refractivity contribution is 7.90. The van der Waals surface area contributed by atoms with Crippen LogP contribution in [0.25, 0.3) is 0 Å². The Morgan fingerprint density at radius 3 is 2.45 bits per heavy atom. The molecule has 2 amide bonds. The maximum atomic E-state index is 13.0. The van der Waals surface area contributed by atoms with Crippen molar-refractivity contribution >= 4 is 27.3 Å². The molecule has 0 bridgehead atoms. The van der Waals surface area contributed by atoms with Crippen molar-refractivity contribution in [1.29, 1.82) is 0 Å². The molecule has 0 aliphatic carbocycles. The lowest BCUT2D eigenvalue weighted by atomic mass is 10.1. The number of nitrogens with two attached hydrogens (primary N) is 1. The highest BCUT2D eigenvalue weighted by atomic mass is 32.2. The molecule has 154 valence electrons. The number of nitrogen functional groups attached to an aromatic ring is 1. The van der Waals surface area contributed by atoms with Gasteiger partial charge < -0.3 is 20.7 Å². The summed E-state index contributed by atoms with van der Waals surface area (Å²) in [5, 5.41) is 19.7. The van der Waals surface area contributed by atoms with Crippen LogP contribution in [0.3, 0.4) is 0 Å². The van der Waals surface area contributed by atoms with Crippen molar-refractivity contribution in [2.75, 3.05) is 24.3 Å². The number of anilines is 1. The number of phenolic OH excluding ortho intramolecular Hbond substituents is 2. The molecule has 2 aromatic carbocycles. The Morgan fingerprint density at radius 2 is 1.83 bits per heavy atom. The zero-order valence-corrected chi connectivity index (χ0v) is 16.6. The summed E-state index contributed by atoms with van der Waals surface area (Å²) in [5.41, 5.74) is 5.82. The van der Waals surface area contributed by atoms with Crippen molar-refractivity contribution in [1.82, 2.24) is 4.90 Å². The molecule has 9 nitrogen and oxygen atoms in total. The molecule has 29 heavy (non-hydrogen) atoms. The molecule has 0 saturated heterocycles. The zero-order valence-electron chi connectivity index (χ0n) is 15.7. The molecule has 2 aromatic rings. The number of rotatable bonds is 6. The van der Waals surface area contributed by atoms with E-state index in [1.165, 1.54) is 18.2 Å². The van der Waals surface area contributed by atoms with E-state index in [0.717, 1.165) is 23.3 Å². The van der Waals surface area contributed by atoms with Crippen LogP contribution in [0, 0.1) is 0 Å². The van der Waals surface area contributed by atoms with Gasteiger partial charge in [-0.15, -0.1) is 0 Å². The first-order chi connectivity index (χ1) is 13.5. The second-order valence-electron chi connectivity index (χ2n) is 6.71. The van der Waals surface area contributed by atoms with Crippen molar-refractivity contribution in [3.63, 3.8) is 0 Å². The van der Waals surface area contributed by atoms with E-state index in [1.54, 1.807) is 6.92 Å². The van der Waals surface area contributed by atoms with Crippen molar-refractivity contribution in [2.24, 2.45) is 0 Å². The summed E-state index contributed by atoms with van der Waals surface area (Å²) >= 11 is 0. The molecular weight excluding hydrogens is 400 g/mol. The summed E-state index contributed by atoms with van der Waals surface area (Å²) in [7, 11) is -3.63. The number of hydrogen-bond donors (Lipinski definition) is 3. The molecule has 0 fully saturated rings. The van der Waals surface area contributed by atoms with Gasteiger partial charge >= 0.3 is 0 Å². The van der Waals surface area contributed by atoms with E-state index in [-0.39, 0.29) is 46.2 Å². The first kappa shape index (κ1) is 20.5. The van der Waals surface area contributed by atoms with Gasteiger partial charge in [-0.25, -0.2) is 8.42 Å². The van der Waals surface area contributed by atoms with Crippen LogP contribution < -0.4 is 10.5 Å². The van der Waals surface area contributed by atoms with E-state index in [0.29, 0.717) is 0 Å². The van der Waals surface area contributed by atoms with Crippen LogP contribution in [0.5, 0.6) is 17.2 Å². The van der Waals surface area contributed by atoms with E-state index in [4.69, 9.17) is 10.5 Å². The van der Waals surface area contributed by atoms with Gasteiger partial charge in [-0.1, -0.05) is 6.07 Å². The summed E-state index contributed by atoms with van der Waals surface area (Å²) < 4.78 is 29.5. The van der Waals surface area contributed by atoms with E-state index in [2.05, 4.69) is 0 Å². The van der Waals surface area contributed by atoms with E-state index in [9.17, 15) is 28.2 Å². The van der Waals surface area contributed by atoms with Gasteiger partial charge in [-0.05, 0) is 30.7 Å². The maximum absolute atomic E-state index is 13.0. The molecule has 1 aliphatic rings. The standard InChI is InChI=1S/C19H20N2O7S/c1-3-28-16-6-10(4-5-15(16)23)14(9-29(2,26)27)21-18(24)12-7-11(22)8-13(20)17(12)19(21)25/h4-8,14,22-23H,3,9,20H2,1-2H3/t14-/m1/s1. The second kappa shape index (κ2) is 7.28. The van der Waals surface area contributed by atoms with Gasteiger partial charge in [-0.3, -0.25) is 14.5 Å². The molecule has 4 N–H and O–H groups in total. The van der Waals surface area contributed by atoms with E-state index < -0.39 is 33.4 Å². The summed E-state index contributed by atoms with van der Waals surface area (Å²) in [5.74, 6) is -2.43. The average Bonchev–Trinajstić information content (AvgIpc) is 2.85. The molecule has 10 heteroatoms. The van der Waals surface area contributed by atoms with E-state index >= 15 is 0 Å². The number of hydrogen-bond acceptors (Lipinski definition) is 8. The third-order valence-corrected chi connectivity index (χ3v) is 5.40. The molecule has 1 aliphatic heterocycles. The molecule has 0 spiro atoms. The fraction of sp³-hybridized carbons (Fsp3) is 0.263. The first-order valence-electron chi connectivity index (χ1n) is 8.67. The maximum Gasteiger partial charge on any atom is 0.264 e. The minimum Gasteiger partial charge on any atom is -0.508 e. The van der Waals surface area contributed by atoms with Crippen molar-refractivity contribution < 1.29 is 33.0 Å². The Morgan fingerprint density at radius 1 is 1.14 bits per heavy atom. The van der Waals surface area contributed by atoms with Crippen LogP contribution in [0.2, 0.25) is 0 Å². The fourth-order valence-electron chi connectivity index (χ4n) is 3.30. The number of nitrogens with zero attached hydrogens (tertiary/aromatic N) is 1. The highest BCUT2D eigenvalue weighted by Gasteiger charge is 2.43. The monoisotopic (exact) mass is 420 g/mol. The Balaban J connectivity index is 2.14. The van der Waals surface area contributed by atoms with Crippen molar-refractivity contribution in [3.05, 3.63) is 47.0 Å². The number of carbonyl (C=O) groups is 2. The lowest BCUT2D eigenvalue weighted by Crippen LogP contribution is -2.37. The van der Waals surface area contributed by atoms with Gasteiger partial charge in [0.25, 0.3) is 11.8 Å². The van der Waals surface area contributed by atoms with Crippen LogP contribution in [0.1, 0.15) is 39.2 Å². The number of ether oxygens (including phenoxy) is 1. The molecule has 3 rings (SSSR count). The Hall–Kier alpha value is -3.27. The number of sulfone groups is 1. The summed E-state index contributed by atoms with van der Waals surface area (Å²) in [6.07, 6.45) is 0.988. The molecule has 0 aromatic heterocycles. The molecule has 0 unspecified atom stereocenters. The fourth-order valence-corrected chi connectivity index (χ4v) is 4.21.